The predicted molar refractivity (Wildman–Crippen MR) is 87.1 cm³/mol. The highest BCUT2D eigenvalue weighted by Crippen LogP contribution is 2.29. The van der Waals surface area contributed by atoms with E-state index in [9.17, 15) is 22.4 Å². The Labute approximate surface area is 146 Å². The number of nitrogens with one attached hydrogen (secondary N) is 1. The number of alkyl halides is 3. The van der Waals surface area contributed by atoms with E-state index in [2.05, 4.69) is 10.4 Å². The van der Waals surface area contributed by atoms with Crippen molar-refractivity contribution in [1.82, 2.24) is 9.78 Å². The lowest BCUT2D eigenvalue weighted by Gasteiger charge is -2.08. The topological polar surface area (TPSA) is 46.9 Å². The van der Waals surface area contributed by atoms with Crippen LogP contribution in [-0.4, -0.2) is 15.7 Å². The molecule has 26 heavy (non-hydrogen) atoms. The first-order valence-corrected chi connectivity index (χ1v) is 7.57. The van der Waals surface area contributed by atoms with Gasteiger partial charge in [-0.05, 0) is 24.3 Å². The normalized spacial score (nSPS) is 11.4. The fourth-order valence-corrected chi connectivity index (χ4v) is 2.36. The van der Waals surface area contributed by atoms with Crippen LogP contribution >= 0.6 is 0 Å². The van der Waals surface area contributed by atoms with Gasteiger partial charge in [-0.25, -0.2) is 4.39 Å². The van der Waals surface area contributed by atoms with Crippen LogP contribution in [0.25, 0.3) is 0 Å². The Morgan fingerprint density at radius 2 is 1.88 bits per heavy atom. The van der Waals surface area contributed by atoms with Crippen molar-refractivity contribution in [3.05, 3.63) is 83.4 Å². The smallest absolute Gasteiger partial charge is 0.319 e. The van der Waals surface area contributed by atoms with E-state index in [-0.39, 0.29) is 17.9 Å². The third kappa shape index (κ3) is 4.08. The summed E-state index contributed by atoms with van der Waals surface area (Å²) in [7, 11) is 0. The van der Waals surface area contributed by atoms with E-state index in [0.717, 1.165) is 12.1 Å². The molecule has 0 radical (unpaired) electrons. The Morgan fingerprint density at radius 1 is 1.12 bits per heavy atom. The Kier molecular flexibility index (Phi) is 4.75. The van der Waals surface area contributed by atoms with E-state index in [4.69, 9.17) is 0 Å². The molecule has 0 spiro atoms. The molecule has 3 rings (SSSR count). The van der Waals surface area contributed by atoms with Crippen molar-refractivity contribution in [1.29, 1.82) is 0 Å². The summed E-state index contributed by atoms with van der Waals surface area (Å²) in [6.45, 7) is 0.159. The summed E-state index contributed by atoms with van der Waals surface area (Å²) in [4.78, 5) is 12.1. The highest BCUT2D eigenvalue weighted by atomic mass is 19.4. The summed E-state index contributed by atoms with van der Waals surface area (Å²) >= 11 is 0. The maximum atomic E-state index is 13.6. The lowest BCUT2D eigenvalue weighted by Crippen LogP contribution is -2.13. The Morgan fingerprint density at radius 3 is 2.62 bits per heavy atom. The van der Waals surface area contributed by atoms with Gasteiger partial charge >= 0.3 is 6.18 Å². The molecule has 3 aromatic rings. The number of carbonyl (C=O) groups is 1. The molecule has 8 heteroatoms. The molecule has 0 atom stereocenters. The number of nitrogens with zero attached hydrogens (tertiary/aromatic N) is 2. The number of carbonyl (C=O) groups excluding carboxylic acids is 1. The van der Waals surface area contributed by atoms with Gasteiger partial charge in [0.15, 0.2) is 0 Å². The van der Waals surface area contributed by atoms with Crippen molar-refractivity contribution in [2.24, 2.45) is 0 Å². The van der Waals surface area contributed by atoms with E-state index in [1.54, 1.807) is 18.2 Å². The van der Waals surface area contributed by atoms with Gasteiger partial charge in [0.1, 0.15) is 5.82 Å². The highest BCUT2D eigenvalue weighted by molar-refractivity contribution is 6.04. The second-order valence-corrected chi connectivity index (χ2v) is 5.55. The molecular formula is C18H13F4N3O. The van der Waals surface area contributed by atoms with Crippen LogP contribution in [0.5, 0.6) is 0 Å². The maximum absolute atomic E-state index is 13.6. The third-order valence-electron chi connectivity index (χ3n) is 3.63. The van der Waals surface area contributed by atoms with Crippen LogP contribution in [0.2, 0.25) is 0 Å². The molecule has 1 heterocycles. The average Bonchev–Trinajstić information content (AvgIpc) is 3.03. The molecule has 0 aliphatic rings. The number of aromatic nitrogens is 2. The standard InChI is InChI=1S/C18H13F4N3O/c19-16-7-2-1-4-13(16)10-25-11-15(9-23-25)24-17(26)12-5-3-6-14(8-12)18(20,21)22/h1-9,11H,10H2,(H,24,26). The molecule has 0 aliphatic carbocycles. The zero-order valence-corrected chi connectivity index (χ0v) is 13.3. The van der Waals surface area contributed by atoms with Crippen molar-refractivity contribution in [2.75, 3.05) is 5.32 Å². The first kappa shape index (κ1) is 17.7. The number of benzene rings is 2. The minimum absolute atomic E-state index is 0.123. The van der Waals surface area contributed by atoms with Crippen LogP contribution in [0, 0.1) is 5.82 Å². The predicted octanol–water partition coefficient (Wildman–Crippen LogP) is 4.34. The van der Waals surface area contributed by atoms with Gasteiger partial charge in [0, 0.05) is 17.3 Å². The Bertz CT molecular complexity index is 934. The lowest BCUT2D eigenvalue weighted by molar-refractivity contribution is -0.137. The van der Waals surface area contributed by atoms with Crippen molar-refractivity contribution in [3.8, 4) is 0 Å². The SMILES string of the molecule is O=C(Nc1cnn(Cc2ccccc2F)c1)c1cccc(C(F)(F)F)c1. The molecule has 0 aliphatic heterocycles. The minimum atomic E-state index is -4.53. The van der Waals surface area contributed by atoms with Crippen molar-refractivity contribution < 1.29 is 22.4 Å². The van der Waals surface area contributed by atoms with Gasteiger partial charge in [0.25, 0.3) is 5.91 Å². The van der Waals surface area contributed by atoms with Crippen LogP contribution in [0.4, 0.5) is 23.2 Å². The average molecular weight is 363 g/mol. The maximum Gasteiger partial charge on any atom is 0.416 e. The fourth-order valence-electron chi connectivity index (χ4n) is 2.36. The monoisotopic (exact) mass is 363 g/mol. The van der Waals surface area contributed by atoms with Crippen molar-refractivity contribution >= 4 is 11.6 Å². The first-order valence-electron chi connectivity index (χ1n) is 7.57. The van der Waals surface area contributed by atoms with Crippen LogP contribution in [0.3, 0.4) is 0 Å². The number of hydrogen-bond acceptors (Lipinski definition) is 2. The summed E-state index contributed by atoms with van der Waals surface area (Å²) in [6, 6.07) is 10.3. The number of hydrogen-bond donors (Lipinski definition) is 1. The molecule has 1 N–H and O–H groups in total. The minimum Gasteiger partial charge on any atom is -0.319 e. The van der Waals surface area contributed by atoms with Crippen LogP contribution in [0.1, 0.15) is 21.5 Å². The molecule has 134 valence electrons. The number of rotatable bonds is 4. The zero-order valence-electron chi connectivity index (χ0n) is 13.3. The van der Waals surface area contributed by atoms with Crippen LogP contribution in [0.15, 0.2) is 60.9 Å². The molecule has 0 fully saturated rings. The summed E-state index contributed by atoms with van der Waals surface area (Å²) in [5.74, 6) is -1.07. The van der Waals surface area contributed by atoms with Crippen LogP contribution < -0.4 is 5.32 Å². The van der Waals surface area contributed by atoms with Gasteiger partial charge in [-0.2, -0.15) is 18.3 Å². The molecule has 0 saturated carbocycles. The summed E-state index contributed by atoms with van der Waals surface area (Å²) in [6.07, 6.45) is -1.72. The van der Waals surface area contributed by atoms with Crippen molar-refractivity contribution in [2.45, 2.75) is 12.7 Å². The van der Waals surface area contributed by atoms with Crippen LogP contribution in [-0.2, 0) is 12.7 Å². The van der Waals surface area contributed by atoms with Gasteiger partial charge in [0.05, 0.1) is 24.0 Å². The van der Waals surface area contributed by atoms with E-state index >= 15 is 0 Å². The molecule has 1 aromatic heterocycles. The zero-order chi connectivity index (χ0) is 18.7. The molecule has 0 bridgehead atoms. The highest BCUT2D eigenvalue weighted by Gasteiger charge is 2.30. The Balaban J connectivity index is 1.71. The Hall–Kier alpha value is -3.16. The van der Waals surface area contributed by atoms with Gasteiger partial charge < -0.3 is 5.32 Å². The van der Waals surface area contributed by atoms with Gasteiger partial charge in [-0.3, -0.25) is 9.48 Å². The summed E-state index contributed by atoms with van der Waals surface area (Å²) in [5.41, 5.74) is -0.308. The second-order valence-electron chi connectivity index (χ2n) is 5.55. The summed E-state index contributed by atoms with van der Waals surface area (Å²) < 4.78 is 53.2. The summed E-state index contributed by atoms with van der Waals surface area (Å²) in [5, 5.41) is 6.49. The first-order chi connectivity index (χ1) is 12.3. The number of halogens is 4. The van der Waals surface area contributed by atoms with Gasteiger partial charge in [-0.15, -0.1) is 0 Å². The van der Waals surface area contributed by atoms with Gasteiger partial charge in [-0.1, -0.05) is 24.3 Å². The third-order valence-corrected chi connectivity index (χ3v) is 3.63. The molecule has 2 aromatic carbocycles. The van der Waals surface area contributed by atoms with E-state index in [1.807, 2.05) is 0 Å². The van der Waals surface area contributed by atoms with E-state index in [0.29, 0.717) is 11.3 Å². The molecule has 0 unspecified atom stereocenters. The number of amides is 1. The van der Waals surface area contributed by atoms with E-state index < -0.39 is 17.6 Å². The fraction of sp³-hybridized carbons (Fsp3) is 0.111. The molecular weight excluding hydrogens is 350 g/mol. The number of anilines is 1. The largest absolute Gasteiger partial charge is 0.416 e. The second kappa shape index (κ2) is 6.99. The quantitative estimate of drug-likeness (QED) is 0.701. The van der Waals surface area contributed by atoms with Gasteiger partial charge in [0.2, 0.25) is 0 Å². The van der Waals surface area contributed by atoms with E-state index in [1.165, 1.54) is 35.3 Å². The van der Waals surface area contributed by atoms with Crippen molar-refractivity contribution in [3.63, 3.8) is 0 Å². The molecule has 4 nitrogen and oxygen atoms in total. The molecule has 1 amide bonds. The lowest BCUT2D eigenvalue weighted by atomic mass is 10.1. The molecule has 0 saturated heterocycles.